The van der Waals surface area contributed by atoms with Crippen LogP contribution in [-0.4, -0.2) is 35.0 Å². The Morgan fingerprint density at radius 1 is 1.44 bits per heavy atom. The topological polar surface area (TPSA) is 102 Å². The quantitative estimate of drug-likeness (QED) is 0.855. The molecule has 2 rings (SSSR count). The third kappa shape index (κ3) is 2.59. The van der Waals surface area contributed by atoms with Crippen molar-refractivity contribution in [1.29, 1.82) is 0 Å². The Morgan fingerprint density at radius 3 is 2.78 bits per heavy atom. The van der Waals surface area contributed by atoms with Crippen molar-refractivity contribution in [1.82, 2.24) is 9.78 Å². The van der Waals surface area contributed by atoms with Crippen molar-refractivity contribution in [3.05, 3.63) is 36.4 Å². The molecule has 0 unspecified atom stereocenters. The van der Waals surface area contributed by atoms with Crippen molar-refractivity contribution in [3.63, 3.8) is 0 Å². The molecule has 0 bridgehead atoms. The van der Waals surface area contributed by atoms with E-state index in [0.29, 0.717) is 0 Å². The third-order valence-corrected chi connectivity index (χ3v) is 3.80. The number of aromatic carboxylic acids is 1. The van der Waals surface area contributed by atoms with Crippen LogP contribution >= 0.6 is 0 Å². The van der Waals surface area contributed by atoms with Crippen molar-refractivity contribution in [2.45, 2.75) is 11.6 Å². The van der Waals surface area contributed by atoms with Gasteiger partial charge in [-0.2, -0.15) is 5.10 Å². The zero-order valence-corrected chi connectivity index (χ0v) is 10.0. The van der Waals surface area contributed by atoms with Gasteiger partial charge in [-0.25, -0.2) is 13.2 Å². The predicted octanol–water partition coefficient (Wildman–Crippen LogP) is 0.648. The SMILES string of the molecule is O=C(O)c1ccc(S(=O)(=O)CCn2cccn2)o1. The Labute approximate surface area is 103 Å². The smallest absolute Gasteiger partial charge is 0.371 e. The van der Waals surface area contributed by atoms with E-state index >= 15 is 0 Å². The number of nitrogens with zero attached hydrogens (tertiary/aromatic N) is 2. The Hall–Kier alpha value is -2.09. The summed E-state index contributed by atoms with van der Waals surface area (Å²) in [6.07, 6.45) is 3.18. The molecule has 0 saturated heterocycles. The van der Waals surface area contributed by atoms with E-state index in [2.05, 4.69) is 5.10 Å². The fourth-order valence-electron chi connectivity index (χ4n) is 1.35. The molecule has 2 aromatic rings. The molecule has 1 N–H and O–H groups in total. The van der Waals surface area contributed by atoms with Gasteiger partial charge in [-0.1, -0.05) is 0 Å². The second kappa shape index (κ2) is 4.65. The maximum absolute atomic E-state index is 11.8. The monoisotopic (exact) mass is 270 g/mol. The highest BCUT2D eigenvalue weighted by Gasteiger charge is 2.21. The van der Waals surface area contributed by atoms with Gasteiger partial charge in [0.2, 0.25) is 20.7 Å². The molecule has 0 spiro atoms. The minimum Gasteiger partial charge on any atom is -0.475 e. The van der Waals surface area contributed by atoms with Gasteiger partial charge in [0.05, 0.1) is 12.3 Å². The largest absolute Gasteiger partial charge is 0.475 e. The van der Waals surface area contributed by atoms with Gasteiger partial charge in [-0.3, -0.25) is 4.68 Å². The Balaban J connectivity index is 2.12. The van der Waals surface area contributed by atoms with Crippen LogP contribution in [0.1, 0.15) is 10.6 Å². The number of hydrogen-bond acceptors (Lipinski definition) is 5. The lowest BCUT2D eigenvalue weighted by molar-refractivity contribution is 0.0656. The van der Waals surface area contributed by atoms with Gasteiger partial charge in [-0.15, -0.1) is 0 Å². The lowest BCUT2D eigenvalue weighted by atomic mass is 10.5. The summed E-state index contributed by atoms with van der Waals surface area (Å²) in [4.78, 5) is 10.6. The van der Waals surface area contributed by atoms with E-state index in [1.165, 1.54) is 4.68 Å². The van der Waals surface area contributed by atoms with Gasteiger partial charge in [0, 0.05) is 12.4 Å². The van der Waals surface area contributed by atoms with Crippen LogP contribution in [0.3, 0.4) is 0 Å². The van der Waals surface area contributed by atoms with E-state index in [0.717, 1.165) is 12.1 Å². The summed E-state index contributed by atoms with van der Waals surface area (Å²) < 4.78 is 29.9. The number of aromatic nitrogens is 2. The van der Waals surface area contributed by atoms with Crippen LogP contribution in [0.2, 0.25) is 0 Å². The van der Waals surface area contributed by atoms with Crippen LogP contribution in [0, 0.1) is 0 Å². The van der Waals surface area contributed by atoms with Crippen LogP contribution in [0.25, 0.3) is 0 Å². The molecule has 96 valence electrons. The van der Waals surface area contributed by atoms with E-state index in [-0.39, 0.29) is 17.4 Å². The number of sulfone groups is 1. The van der Waals surface area contributed by atoms with Crippen molar-refractivity contribution in [2.75, 3.05) is 5.75 Å². The van der Waals surface area contributed by atoms with Crippen LogP contribution in [0.5, 0.6) is 0 Å². The second-order valence-corrected chi connectivity index (χ2v) is 5.55. The molecule has 0 aliphatic rings. The van der Waals surface area contributed by atoms with E-state index < -0.39 is 21.6 Å². The van der Waals surface area contributed by atoms with Gasteiger partial charge in [0.15, 0.2) is 0 Å². The Morgan fingerprint density at radius 2 is 2.22 bits per heavy atom. The Bertz CT molecular complexity index is 642. The number of hydrogen-bond donors (Lipinski definition) is 1. The zero-order chi connectivity index (χ0) is 13.2. The number of rotatable bonds is 5. The fraction of sp³-hybridized carbons (Fsp3) is 0.200. The molecule has 8 heteroatoms. The van der Waals surface area contributed by atoms with E-state index in [1.807, 2.05) is 0 Å². The first-order chi connectivity index (χ1) is 8.49. The number of furan rings is 1. The summed E-state index contributed by atoms with van der Waals surface area (Å²) in [5, 5.41) is 12.2. The maximum Gasteiger partial charge on any atom is 0.371 e. The number of carboxylic acids is 1. The number of aryl methyl sites for hydroxylation is 1. The normalized spacial score (nSPS) is 11.6. The molecular weight excluding hydrogens is 260 g/mol. The van der Waals surface area contributed by atoms with E-state index in [4.69, 9.17) is 9.52 Å². The number of carboxylic acid groups (broad SMARTS) is 1. The van der Waals surface area contributed by atoms with Crippen molar-refractivity contribution >= 4 is 15.8 Å². The van der Waals surface area contributed by atoms with Crippen molar-refractivity contribution in [2.24, 2.45) is 0 Å². The molecule has 2 heterocycles. The summed E-state index contributed by atoms with van der Waals surface area (Å²) in [5.41, 5.74) is 0. The zero-order valence-electron chi connectivity index (χ0n) is 9.18. The molecule has 0 radical (unpaired) electrons. The van der Waals surface area contributed by atoms with Crippen molar-refractivity contribution < 1.29 is 22.7 Å². The molecule has 0 aliphatic carbocycles. The molecule has 7 nitrogen and oxygen atoms in total. The maximum atomic E-state index is 11.8. The van der Waals surface area contributed by atoms with Crippen LogP contribution in [0.4, 0.5) is 0 Å². The summed E-state index contributed by atoms with van der Waals surface area (Å²) in [5.74, 6) is -1.91. The summed E-state index contributed by atoms with van der Waals surface area (Å²) in [6, 6.07) is 3.94. The van der Waals surface area contributed by atoms with Gasteiger partial charge in [0.25, 0.3) is 0 Å². The average Bonchev–Trinajstić information content (AvgIpc) is 2.98. The van der Waals surface area contributed by atoms with E-state index in [1.54, 1.807) is 18.5 Å². The fourth-order valence-corrected chi connectivity index (χ4v) is 2.47. The molecule has 0 aromatic carbocycles. The first-order valence-electron chi connectivity index (χ1n) is 5.02. The lowest BCUT2D eigenvalue weighted by Crippen LogP contribution is -2.13. The minimum absolute atomic E-state index is 0.179. The second-order valence-electron chi connectivity index (χ2n) is 3.51. The highest BCUT2D eigenvalue weighted by atomic mass is 32.2. The van der Waals surface area contributed by atoms with Gasteiger partial charge in [-0.05, 0) is 18.2 Å². The third-order valence-electron chi connectivity index (χ3n) is 2.25. The average molecular weight is 270 g/mol. The van der Waals surface area contributed by atoms with Crippen molar-refractivity contribution in [3.8, 4) is 0 Å². The molecule has 0 amide bonds. The summed E-state index contributed by atoms with van der Waals surface area (Å²) >= 11 is 0. The molecule has 0 aliphatic heterocycles. The van der Waals surface area contributed by atoms with Gasteiger partial charge in [0.1, 0.15) is 0 Å². The van der Waals surface area contributed by atoms with E-state index in [9.17, 15) is 13.2 Å². The molecule has 0 saturated carbocycles. The van der Waals surface area contributed by atoms with Gasteiger partial charge >= 0.3 is 5.97 Å². The summed E-state index contributed by atoms with van der Waals surface area (Å²) in [7, 11) is -3.64. The first-order valence-corrected chi connectivity index (χ1v) is 6.67. The van der Waals surface area contributed by atoms with Crippen LogP contribution in [0.15, 0.2) is 40.1 Å². The molecule has 2 aromatic heterocycles. The Kier molecular flexibility index (Phi) is 3.19. The lowest BCUT2D eigenvalue weighted by Gasteiger charge is -2.01. The highest BCUT2D eigenvalue weighted by molar-refractivity contribution is 7.91. The van der Waals surface area contributed by atoms with Gasteiger partial charge < -0.3 is 9.52 Å². The molecule has 18 heavy (non-hydrogen) atoms. The highest BCUT2D eigenvalue weighted by Crippen LogP contribution is 2.15. The van der Waals surface area contributed by atoms with Crippen LogP contribution in [-0.2, 0) is 16.4 Å². The molecule has 0 fully saturated rings. The molecular formula is C10H10N2O5S. The predicted molar refractivity (Wildman–Crippen MR) is 59.9 cm³/mol. The minimum atomic E-state index is -3.64. The standard InChI is InChI=1S/C10H10N2O5S/c13-10(14)8-2-3-9(17-8)18(15,16)7-6-12-5-1-4-11-12/h1-5H,6-7H2,(H,13,14). The summed E-state index contributed by atoms with van der Waals surface area (Å²) in [6.45, 7) is 0.179. The first kappa shape index (κ1) is 12.4. The number of carbonyl (C=O) groups is 1. The molecule has 0 atom stereocenters. The van der Waals surface area contributed by atoms with Crippen LogP contribution < -0.4 is 0 Å².